The number of hydrogen-bond acceptors (Lipinski definition) is 2. The molecule has 3 aromatic rings. The fourth-order valence-corrected chi connectivity index (χ4v) is 3.05. The van der Waals surface area contributed by atoms with E-state index in [-0.39, 0.29) is 5.91 Å². The number of hydrogen-bond donors (Lipinski definition) is 1. The summed E-state index contributed by atoms with van der Waals surface area (Å²) in [4.78, 5) is 12.2. The lowest BCUT2D eigenvalue weighted by atomic mass is 10.1. The molecule has 6 heteroatoms. The van der Waals surface area contributed by atoms with Crippen LogP contribution in [-0.4, -0.2) is 15.7 Å². The molecule has 0 radical (unpaired) electrons. The standard InChI is InChI=1S/C19H17Cl2N3O/c1-13-10-18(22-19(25)11-14-6-3-2-4-7-14)23-24(13)12-15-16(20)8-5-9-17(15)21/h2-10H,11-12H2,1H3,(H,22,23,25). The molecular formula is C19H17Cl2N3O. The lowest BCUT2D eigenvalue weighted by molar-refractivity contribution is -0.115. The molecule has 3 rings (SSSR count). The molecular weight excluding hydrogens is 357 g/mol. The Hall–Kier alpha value is -2.30. The molecule has 128 valence electrons. The van der Waals surface area contributed by atoms with Gasteiger partial charge in [-0.3, -0.25) is 9.48 Å². The van der Waals surface area contributed by atoms with Crippen LogP contribution in [0.3, 0.4) is 0 Å². The van der Waals surface area contributed by atoms with E-state index in [9.17, 15) is 4.79 Å². The molecule has 4 nitrogen and oxygen atoms in total. The maximum absolute atomic E-state index is 12.2. The first-order valence-corrected chi connectivity index (χ1v) is 8.59. The summed E-state index contributed by atoms with van der Waals surface area (Å²) in [5.74, 6) is 0.410. The van der Waals surface area contributed by atoms with Crippen molar-refractivity contribution in [2.24, 2.45) is 0 Å². The van der Waals surface area contributed by atoms with Gasteiger partial charge in [0.2, 0.25) is 5.91 Å². The van der Waals surface area contributed by atoms with Crippen molar-refractivity contribution in [2.45, 2.75) is 19.9 Å². The van der Waals surface area contributed by atoms with Gasteiger partial charge in [0.1, 0.15) is 0 Å². The molecule has 25 heavy (non-hydrogen) atoms. The monoisotopic (exact) mass is 373 g/mol. The third-order valence-electron chi connectivity index (χ3n) is 3.83. The van der Waals surface area contributed by atoms with Gasteiger partial charge in [-0.25, -0.2) is 0 Å². The van der Waals surface area contributed by atoms with Crippen molar-refractivity contribution < 1.29 is 4.79 Å². The first-order chi connectivity index (χ1) is 12.0. The number of anilines is 1. The molecule has 0 saturated carbocycles. The average Bonchev–Trinajstić information content (AvgIpc) is 2.91. The highest BCUT2D eigenvalue weighted by Crippen LogP contribution is 2.25. The second-order valence-corrected chi connectivity index (χ2v) is 6.55. The summed E-state index contributed by atoms with van der Waals surface area (Å²) in [5.41, 5.74) is 2.67. The molecule has 0 fully saturated rings. The van der Waals surface area contributed by atoms with Crippen LogP contribution >= 0.6 is 23.2 Å². The Bertz CT molecular complexity index is 871. The summed E-state index contributed by atoms with van der Waals surface area (Å²) in [7, 11) is 0. The van der Waals surface area contributed by atoms with Crippen molar-refractivity contribution >= 4 is 34.9 Å². The van der Waals surface area contributed by atoms with Crippen LogP contribution in [0.5, 0.6) is 0 Å². The van der Waals surface area contributed by atoms with Crippen LogP contribution in [0.15, 0.2) is 54.6 Å². The molecule has 0 bridgehead atoms. The van der Waals surface area contributed by atoms with Crippen LogP contribution in [0, 0.1) is 6.92 Å². The summed E-state index contributed by atoms with van der Waals surface area (Å²) in [6.07, 6.45) is 0.309. The number of nitrogens with zero attached hydrogens (tertiary/aromatic N) is 2. The highest BCUT2D eigenvalue weighted by molar-refractivity contribution is 6.35. The third kappa shape index (κ3) is 4.41. The Labute approximate surface area is 156 Å². The molecule has 0 unspecified atom stereocenters. The topological polar surface area (TPSA) is 46.9 Å². The quantitative estimate of drug-likeness (QED) is 0.702. The second kappa shape index (κ2) is 7.72. The highest BCUT2D eigenvalue weighted by Gasteiger charge is 2.12. The van der Waals surface area contributed by atoms with Gasteiger partial charge in [0, 0.05) is 27.4 Å². The van der Waals surface area contributed by atoms with Gasteiger partial charge in [0.05, 0.1) is 13.0 Å². The lowest BCUT2D eigenvalue weighted by Gasteiger charge is -2.08. The number of halogens is 2. The number of benzene rings is 2. The lowest BCUT2D eigenvalue weighted by Crippen LogP contribution is -2.15. The van der Waals surface area contributed by atoms with Crippen LogP contribution in [0.25, 0.3) is 0 Å². The number of nitrogens with one attached hydrogen (secondary N) is 1. The van der Waals surface area contributed by atoms with Crippen LogP contribution in [0.1, 0.15) is 16.8 Å². The molecule has 0 saturated heterocycles. The van der Waals surface area contributed by atoms with E-state index >= 15 is 0 Å². The van der Waals surface area contributed by atoms with Crippen molar-refractivity contribution in [2.75, 3.05) is 5.32 Å². The second-order valence-electron chi connectivity index (χ2n) is 5.74. The van der Waals surface area contributed by atoms with E-state index in [0.29, 0.717) is 28.8 Å². The molecule has 0 aliphatic rings. The van der Waals surface area contributed by atoms with Gasteiger partial charge in [0.15, 0.2) is 5.82 Å². The predicted octanol–water partition coefficient (Wildman–Crippen LogP) is 4.73. The zero-order valence-electron chi connectivity index (χ0n) is 13.7. The molecule has 0 atom stereocenters. The van der Waals surface area contributed by atoms with Gasteiger partial charge in [-0.1, -0.05) is 59.6 Å². The highest BCUT2D eigenvalue weighted by atomic mass is 35.5. The summed E-state index contributed by atoms with van der Waals surface area (Å²) >= 11 is 12.4. The molecule has 1 N–H and O–H groups in total. The number of rotatable bonds is 5. The number of carbonyl (C=O) groups is 1. The molecule has 1 aromatic heterocycles. The Morgan fingerprint density at radius 3 is 2.44 bits per heavy atom. The molecule has 0 aliphatic heterocycles. The Morgan fingerprint density at radius 2 is 1.76 bits per heavy atom. The maximum atomic E-state index is 12.2. The van der Waals surface area contributed by atoms with Gasteiger partial charge in [-0.05, 0) is 24.6 Å². The Kier molecular flexibility index (Phi) is 5.41. The zero-order valence-corrected chi connectivity index (χ0v) is 15.2. The molecule has 2 aromatic carbocycles. The van der Waals surface area contributed by atoms with Crippen LogP contribution in [0.4, 0.5) is 5.82 Å². The van der Waals surface area contributed by atoms with E-state index in [1.807, 2.05) is 43.3 Å². The minimum absolute atomic E-state index is 0.105. The summed E-state index contributed by atoms with van der Waals surface area (Å²) in [5, 5.41) is 8.46. The van der Waals surface area contributed by atoms with Crippen molar-refractivity contribution in [3.8, 4) is 0 Å². The number of aryl methyl sites for hydroxylation is 1. The van der Waals surface area contributed by atoms with Crippen molar-refractivity contribution in [3.63, 3.8) is 0 Å². The van der Waals surface area contributed by atoms with E-state index in [2.05, 4.69) is 10.4 Å². The Balaban J connectivity index is 1.71. The fourth-order valence-electron chi connectivity index (χ4n) is 2.53. The molecule has 1 amide bonds. The normalized spacial score (nSPS) is 10.7. The van der Waals surface area contributed by atoms with Gasteiger partial charge in [0.25, 0.3) is 0 Å². The van der Waals surface area contributed by atoms with Gasteiger partial charge >= 0.3 is 0 Å². The van der Waals surface area contributed by atoms with E-state index in [1.54, 1.807) is 22.9 Å². The summed E-state index contributed by atoms with van der Waals surface area (Å²) in [6.45, 7) is 2.36. The first-order valence-electron chi connectivity index (χ1n) is 7.84. The largest absolute Gasteiger partial charge is 0.309 e. The van der Waals surface area contributed by atoms with Crippen LogP contribution in [0.2, 0.25) is 10.0 Å². The molecule has 0 aliphatic carbocycles. The number of aromatic nitrogens is 2. The SMILES string of the molecule is Cc1cc(NC(=O)Cc2ccccc2)nn1Cc1c(Cl)cccc1Cl. The first kappa shape index (κ1) is 17.5. The van der Waals surface area contributed by atoms with Gasteiger partial charge in [-0.15, -0.1) is 0 Å². The van der Waals surface area contributed by atoms with Crippen molar-refractivity contribution in [1.29, 1.82) is 0 Å². The molecule has 0 spiro atoms. The van der Waals surface area contributed by atoms with Crippen molar-refractivity contribution in [3.05, 3.63) is 81.5 Å². The summed E-state index contributed by atoms with van der Waals surface area (Å²) in [6, 6.07) is 16.8. The van der Waals surface area contributed by atoms with Gasteiger partial charge < -0.3 is 5.32 Å². The van der Waals surface area contributed by atoms with E-state index in [1.165, 1.54) is 0 Å². The molecule has 1 heterocycles. The zero-order chi connectivity index (χ0) is 17.8. The van der Waals surface area contributed by atoms with E-state index in [4.69, 9.17) is 23.2 Å². The van der Waals surface area contributed by atoms with E-state index in [0.717, 1.165) is 16.8 Å². The summed E-state index contributed by atoms with van der Waals surface area (Å²) < 4.78 is 1.77. The third-order valence-corrected chi connectivity index (χ3v) is 4.53. The van der Waals surface area contributed by atoms with Crippen LogP contribution < -0.4 is 5.32 Å². The minimum Gasteiger partial charge on any atom is -0.309 e. The van der Waals surface area contributed by atoms with E-state index < -0.39 is 0 Å². The predicted molar refractivity (Wildman–Crippen MR) is 101 cm³/mol. The fraction of sp³-hybridized carbons (Fsp3) is 0.158. The number of amides is 1. The van der Waals surface area contributed by atoms with Crippen LogP contribution in [-0.2, 0) is 17.8 Å². The average molecular weight is 374 g/mol. The number of carbonyl (C=O) groups excluding carboxylic acids is 1. The van der Waals surface area contributed by atoms with Crippen molar-refractivity contribution in [1.82, 2.24) is 9.78 Å². The maximum Gasteiger partial charge on any atom is 0.229 e. The minimum atomic E-state index is -0.105. The van der Waals surface area contributed by atoms with Gasteiger partial charge in [-0.2, -0.15) is 5.10 Å². The Morgan fingerprint density at radius 1 is 1.08 bits per heavy atom. The smallest absolute Gasteiger partial charge is 0.229 e.